The Labute approximate surface area is 358 Å². The number of carboxylic acids is 1. The molecule has 3 atom stereocenters. The van der Waals surface area contributed by atoms with Gasteiger partial charge in [-0.2, -0.15) is 11.8 Å². The zero-order valence-electron chi connectivity index (χ0n) is 34.6. The number of rotatable bonds is 31. The Hall–Kier alpha value is -4.94. The third-order valence-electron chi connectivity index (χ3n) is 8.46. The van der Waals surface area contributed by atoms with Gasteiger partial charge in [0.15, 0.2) is 0 Å². The van der Waals surface area contributed by atoms with Gasteiger partial charge in [0.2, 0.25) is 19.9 Å². The molecule has 0 radical (unpaired) electrons. The standard InChI is InChI=1S/C40H61N10O8PS/c1-28(41)44-20-12-10-18-33(38(54)57-25-31-14-6-4-7-15-31)49-40(59-56,47-24-36(51)48-35(37(52)53)27-60-23-22-46-30(3)43)50-34(19-11-13-21-45-29(2)42)39(55)58-26-32-16-8-5-9-17-32/h4-9,14-17,33-35,47,49-50H,10-13,18-27H2,1-3H3,(H2,41,44)(H2,42,45)(H2,43,46)(H,48,51)(H,52,53). The van der Waals surface area contributed by atoms with E-state index in [-0.39, 0.29) is 31.8 Å². The Morgan fingerprint density at radius 2 is 1.17 bits per heavy atom. The van der Waals surface area contributed by atoms with E-state index in [0.717, 1.165) is 11.1 Å². The summed E-state index contributed by atoms with van der Waals surface area (Å²) in [7, 11) is -0.722. The van der Waals surface area contributed by atoms with Crippen LogP contribution in [0.25, 0.3) is 0 Å². The smallest absolute Gasteiger partial charge is 0.327 e. The Balaban J connectivity index is 2.46. The monoisotopic (exact) mass is 872 g/mol. The average Bonchev–Trinajstić information content (AvgIpc) is 3.22. The summed E-state index contributed by atoms with van der Waals surface area (Å²) in [5.41, 5.74) is 16.4. The predicted octanol–water partition coefficient (Wildman–Crippen LogP) is 2.66. The Morgan fingerprint density at radius 3 is 1.58 bits per heavy atom. The molecule has 0 heterocycles. The molecule has 0 aromatic heterocycles. The number of aliphatic imine (C=N–C) groups is 3. The minimum atomic E-state index is -2.03. The number of carboxylic acid groups (broad SMARTS) is 1. The van der Waals surface area contributed by atoms with Crippen molar-refractivity contribution in [1.29, 1.82) is 0 Å². The molecule has 11 N–H and O–H groups in total. The van der Waals surface area contributed by atoms with Gasteiger partial charge in [0.1, 0.15) is 31.3 Å². The number of esters is 2. The fraction of sp³-hybridized carbons (Fsp3) is 0.525. The van der Waals surface area contributed by atoms with Crippen LogP contribution in [0, 0.1) is 0 Å². The van der Waals surface area contributed by atoms with Crippen molar-refractivity contribution in [3.63, 3.8) is 0 Å². The second-order valence-corrected chi connectivity index (χ2v) is 15.8. The maximum atomic E-state index is 13.8. The van der Waals surface area contributed by atoms with E-state index < -0.39 is 62.5 Å². The highest BCUT2D eigenvalue weighted by Gasteiger charge is 2.40. The average molecular weight is 873 g/mol. The summed E-state index contributed by atoms with van der Waals surface area (Å²) in [5, 5.41) is 21.4. The van der Waals surface area contributed by atoms with Crippen LogP contribution in [0.15, 0.2) is 75.6 Å². The molecule has 18 nitrogen and oxygen atoms in total. The number of benzene rings is 2. The van der Waals surface area contributed by atoms with Gasteiger partial charge in [-0.25, -0.2) is 4.79 Å². The fourth-order valence-corrected chi connectivity index (χ4v) is 6.85. The Bertz CT molecular complexity index is 1620. The first kappa shape index (κ1) is 51.2. The molecular weight excluding hydrogens is 812 g/mol. The molecule has 20 heteroatoms. The number of carbonyl (C=O) groups is 4. The second kappa shape index (κ2) is 29.3. The first-order chi connectivity index (χ1) is 28.7. The zero-order chi connectivity index (χ0) is 44.2. The lowest BCUT2D eigenvalue weighted by Gasteiger charge is -2.36. The fourth-order valence-electron chi connectivity index (χ4n) is 5.44. The van der Waals surface area contributed by atoms with Crippen molar-refractivity contribution in [2.75, 3.05) is 37.7 Å². The Morgan fingerprint density at radius 1 is 0.717 bits per heavy atom. The summed E-state index contributed by atoms with van der Waals surface area (Å²) in [5.74, 6) is -1.65. The van der Waals surface area contributed by atoms with Crippen molar-refractivity contribution < 1.29 is 38.3 Å². The normalized spacial score (nSPS) is 14.8. The van der Waals surface area contributed by atoms with Crippen molar-refractivity contribution >= 4 is 61.5 Å². The van der Waals surface area contributed by atoms with E-state index in [2.05, 4.69) is 36.2 Å². The van der Waals surface area contributed by atoms with E-state index in [1.54, 1.807) is 45.0 Å². The Kier molecular flexibility index (Phi) is 25.0. The molecule has 1 amide bonds. The van der Waals surface area contributed by atoms with Gasteiger partial charge < -0.3 is 37.1 Å². The number of amidine groups is 3. The van der Waals surface area contributed by atoms with Crippen molar-refractivity contribution in [2.24, 2.45) is 32.2 Å². The van der Waals surface area contributed by atoms with Crippen LogP contribution in [0.2, 0.25) is 0 Å². The summed E-state index contributed by atoms with van der Waals surface area (Å²) in [6.07, 6.45) is 2.36. The van der Waals surface area contributed by atoms with Crippen LogP contribution < -0.4 is 38.5 Å². The van der Waals surface area contributed by atoms with E-state index in [1.165, 1.54) is 11.8 Å². The molecule has 3 unspecified atom stereocenters. The molecule has 0 aliphatic heterocycles. The highest BCUT2D eigenvalue weighted by molar-refractivity contribution is 7.99. The lowest BCUT2D eigenvalue weighted by molar-refractivity contribution is -0.149. The lowest BCUT2D eigenvalue weighted by atomic mass is 10.1. The molecule has 0 fully saturated rings. The molecule has 0 bridgehead atoms. The highest BCUT2D eigenvalue weighted by Crippen LogP contribution is 2.21. The molecule has 330 valence electrons. The van der Waals surface area contributed by atoms with Crippen LogP contribution in [0.5, 0.6) is 0 Å². The van der Waals surface area contributed by atoms with Gasteiger partial charge in [-0.15, -0.1) is 0 Å². The van der Waals surface area contributed by atoms with Crippen LogP contribution in [-0.2, 0) is 46.4 Å². The minimum absolute atomic E-state index is 0.0355. The number of nitrogens with two attached hydrogens (primary N) is 3. The van der Waals surface area contributed by atoms with Crippen molar-refractivity contribution in [1.82, 2.24) is 21.3 Å². The summed E-state index contributed by atoms with van der Waals surface area (Å²) in [4.78, 5) is 65.7. The van der Waals surface area contributed by atoms with Gasteiger partial charge in [-0.3, -0.25) is 49.9 Å². The van der Waals surface area contributed by atoms with Crippen molar-refractivity contribution in [3.05, 3.63) is 71.8 Å². The number of amides is 1. The number of nitrogens with one attached hydrogen (secondary N) is 4. The number of thioether (sulfide) groups is 1. The van der Waals surface area contributed by atoms with Crippen LogP contribution in [0.1, 0.15) is 70.4 Å². The van der Waals surface area contributed by atoms with Crippen LogP contribution in [0.3, 0.4) is 0 Å². The molecule has 0 saturated heterocycles. The molecule has 0 aliphatic rings. The van der Waals surface area contributed by atoms with Gasteiger partial charge in [0.25, 0.3) is 0 Å². The molecule has 0 saturated carbocycles. The van der Waals surface area contributed by atoms with Crippen LogP contribution in [-0.4, -0.2) is 108 Å². The second-order valence-electron chi connectivity index (χ2n) is 13.8. The largest absolute Gasteiger partial charge is 0.480 e. The summed E-state index contributed by atoms with van der Waals surface area (Å²) in [6.45, 7) is 5.48. The van der Waals surface area contributed by atoms with Gasteiger partial charge >= 0.3 is 17.9 Å². The molecule has 2 aromatic rings. The first-order valence-corrected chi connectivity index (χ1v) is 21.7. The number of hydrogen-bond acceptors (Lipinski definition) is 14. The number of unbranched alkanes of at least 4 members (excludes halogenated alkanes) is 2. The molecular formula is C40H61N10O8PS. The zero-order valence-corrected chi connectivity index (χ0v) is 36.4. The maximum Gasteiger partial charge on any atom is 0.327 e. The molecule has 0 aliphatic carbocycles. The maximum absolute atomic E-state index is 13.8. The van der Waals surface area contributed by atoms with E-state index >= 15 is 0 Å². The topological polar surface area (TPSA) is 287 Å². The van der Waals surface area contributed by atoms with E-state index in [9.17, 15) is 28.8 Å². The van der Waals surface area contributed by atoms with E-state index in [1.807, 2.05) is 36.4 Å². The van der Waals surface area contributed by atoms with Crippen molar-refractivity contribution in [2.45, 2.75) is 96.2 Å². The van der Waals surface area contributed by atoms with E-state index in [0.29, 0.717) is 68.6 Å². The van der Waals surface area contributed by atoms with Gasteiger partial charge in [0, 0.05) is 31.1 Å². The van der Waals surface area contributed by atoms with Gasteiger partial charge in [-0.05, 0) is 70.4 Å². The predicted molar refractivity (Wildman–Crippen MR) is 236 cm³/mol. The molecule has 60 heavy (non-hydrogen) atoms. The molecule has 2 rings (SSSR count). The number of hydrogen-bond donors (Lipinski definition) is 8. The SMILES string of the molecule is CC(N)=NCCCCC(NC(NCC(=O)NC(CSCCN=C(C)N)C(=O)O)(NC(CCCCN=C(C)N)C(=O)OCc1ccccc1)P=O)C(=O)OCc1ccccc1. The minimum Gasteiger partial charge on any atom is -0.480 e. The third kappa shape index (κ3) is 22.4. The summed E-state index contributed by atoms with van der Waals surface area (Å²) in [6, 6.07) is 14.6. The lowest BCUT2D eigenvalue weighted by Crippen LogP contribution is -2.70. The van der Waals surface area contributed by atoms with Gasteiger partial charge in [0.05, 0.1) is 24.1 Å². The number of aliphatic carboxylic acids is 1. The van der Waals surface area contributed by atoms with Crippen LogP contribution >= 0.6 is 20.2 Å². The molecule has 2 aromatic carbocycles. The van der Waals surface area contributed by atoms with Gasteiger partial charge in [-0.1, -0.05) is 60.7 Å². The highest BCUT2D eigenvalue weighted by atomic mass is 32.2. The summed E-state index contributed by atoms with van der Waals surface area (Å²) < 4.78 is 24.9. The summed E-state index contributed by atoms with van der Waals surface area (Å²) >= 11 is 1.27. The third-order valence-corrected chi connectivity index (χ3v) is 10.2. The quantitative estimate of drug-likeness (QED) is 0.0135. The number of ether oxygens (including phenoxy) is 2. The van der Waals surface area contributed by atoms with Crippen LogP contribution in [0.4, 0.5) is 0 Å². The van der Waals surface area contributed by atoms with Crippen molar-refractivity contribution in [3.8, 4) is 0 Å². The first-order valence-electron chi connectivity index (χ1n) is 19.7. The van der Waals surface area contributed by atoms with E-state index in [4.69, 9.17) is 26.7 Å². The number of carbonyl (C=O) groups excluding carboxylic acids is 3. The molecule has 0 spiro atoms. The number of nitrogens with zero attached hydrogens (tertiary/aromatic N) is 3.